The van der Waals surface area contributed by atoms with Crippen molar-refractivity contribution in [3.8, 4) is 16.2 Å². The highest BCUT2D eigenvalue weighted by Gasteiger charge is 2.11. The minimum absolute atomic E-state index is 0.403. The number of fused-ring (bicyclic) bond motifs is 1. The Kier molecular flexibility index (Phi) is 5.55. The van der Waals surface area contributed by atoms with E-state index in [1.54, 1.807) is 18.4 Å². The second-order valence-electron chi connectivity index (χ2n) is 6.32. The van der Waals surface area contributed by atoms with Crippen LogP contribution in [0.4, 0.5) is 11.5 Å². The number of anilines is 2. The summed E-state index contributed by atoms with van der Waals surface area (Å²) in [5.74, 6) is 1.39. The minimum atomic E-state index is 0.403. The SMILES string of the molecule is COc1ccc(C)cc1NC(=S)NNc1ncnc2cc(-c3ccccc3)sc12. The largest absolute Gasteiger partial charge is 0.495 e. The van der Waals surface area contributed by atoms with Crippen LogP contribution in [-0.2, 0) is 0 Å². The molecule has 3 N–H and O–H groups in total. The minimum Gasteiger partial charge on any atom is -0.495 e. The number of thiocarbonyl (C=S) groups is 1. The van der Waals surface area contributed by atoms with Gasteiger partial charge >= 0.3 is 0 Å². The molecule has 29 heavy (non-hydrogen) atoms. The number of aryl methyl sites for hydroxylation is 1. The van der Waals surface area contributed by atoms with Gasteiger partial charge in [0.25, 0.3) is 0 Å². The van der Waals surface area contributed by atoms with Crippen molar-refractivity contribution in [2.75, 3.05) is 17.9 Å². The first-order valence-electron chi connectivity index (χ1n) is 8.91. The maximum absolute atomic E-state index is 5.41. The quantitative estimate of drug-likeness (QED) is 0.310. The van der Waals surface area contributed by atoms with E-state index in [1.807, 2.05) is 43.3 Å². The third-order valence-electron chi connectivity index (χ3n) is 4.27. The van der Waals surface area contributed by atoms with E-state index >= 15 is 0 Å². The maximum atomic E-state index is 5.41. The van der Waals surface area contributed by atoms with Gasteiger partial charge in [-0.3, -0.25) is 10.9 Å². The van der Waals surface area contributed by atoms with Gasteiger partial charge in [-0.05, 0) is 48.5 Å². The summed E-state index contributed by atoms with van der Waals surface area (Å²) in [5.41, 5.74) is 10.0. The van der Waals surface area contributed by atoms with Crippen LogP contribution >= 0.6 is 23.6 Å². The fraction of sp³-hybridized carbons (Fsp3) is 0.0952. The second kappa shape index (κ2) is 8.42. The fourth-order valence-electron chi connectivity index (χ4n) is 2.88. The molecule has 4 aromatic rings. The van der Waals surface area contributed by atoms with Crippen molar-refractivity contribution in [2.24, 2.45) is 0 Å². The molecule has 2 aromatic heterocycles. The van der Waals surface area contributed by atoms with Crippen molar-refractivity contribution < 1.29 is 4.74 Å². The van der Waals surface area contributed by atoms with Gasteiger partial charge < -0.3 is 10.1 Å². The van der Waals surface area contributed by atoms with Crippen molar-refractivity contribution in [2.45, 2.75) is 6.92 Å². The number of aromatic nitrogens is 2. The topological polar surface area (TPSA) is 71.1 Å². The number of benzene rings is 2. The Morgan fingerprint density at radius 3 is 2.69 bits per heavy atom. The molecule has 0 amide bonds. The van der Waals surface area contributed by atoms with Crippen LogP contribution in [0.25, 0.3) is 20.7 Å². The van der Waals surface area contributed by atoms with Crippen LogP contribution in [0.1, 0.15) is 5.56 Å². The maximum Gasteiger partial charge on any atom is 0.189 e. The van der Waals surface area contributed by atoms with Gasteiger partial charge in [-0.25, -0.2) is 9.97 Å². The predicted octanol–water partition coefficient (Wildman–Crippen LogP) is 4.99. The smallest absolute Gasteiger partial charge is 0.189 e. The molecule has 0 fully saturated rings. The Labute approximate surface area is 177 Å². The number of hydrazine groups is 1. The van der Waals surface area contributed by atoms with Gasteiger partial charge in [0.15, 0.2) is 10.9 Å². The zero-order valence-corrected chi connectivity index (χ0v) is 17.5. The van der Waals surface area contributed by atoms with E-state index in [0.717, 1.165) is 37.7 Å². The number of hydrogen-bond donors (Lipinski definition) is 3. The molecule has 0 spiro atoms. The van der Waals surface area contributed by atoms with E-state index in [-0.39, 0.29) is 0 Å². The van der Waals surface area contributed by atoms with Crippen LogP contribution in [0.2, 0.25) is 0 Å². The Morgan fingerprint density at radius 2 is 1.90 bits per heavy atom. The summed E-state index contributed by atoms with van der Waals surface area (Å²) in [4.78, 5) is 9.87. The number of nitrogens with zero attached hydrogens (tertiary/aromatic N) is 2. The molecule has 0 saturated heterocycles. The molecule has 0 radical (unpaired) electrons. The number of hydrogen-bond acceptors (Lipinski definition) is 6. The van der Waals surface area contributed by atoms with Gasteiger partial charge in [0.05, 0.1) is 23.0 Å². The summed E-state index contributed by atoms with van der Waals surface area (Å²) in [6, 6.07) is 18.1. The van der Waals surface area contributed by atoms with Crippen molar-refractivity contribution >= 4 is 50.4 Å². The Bertz CT molecular complexity index is 1160. The predicted molar refractivity (Wildman–Crippen MR) is 124 cm³/mol. The molecule has 146 valence electrons. The summed E-state index contributed by atoms with van der Waals surface area (Å²) in [6.07, 6.45) is 1.54. The van der Waals surface area contributed by atoms with E-state index in [2.05, 4.69) is 44.3 Å². The van der Waals surface area contributed by atoms with Crippen molar-refractivity contribution in [1.29, 1.82) is 0 Å². The summed E-state index contributed by atoms with van der Waals surface area (Å²) in [7, 11) is 1.63. The molecule has 0 atom stereocenters. The van der Waals surface area contributed by atoms with Crippen molar-refractivity contribution in [3.05, 3.63) is 66.5 Å². The summed E-state index contributed by atoms with van der Waals surface area (Å²) >= 11 is 7.04. The standard InChI is InChI=1S/C21H19N5OS2/c1-13-8-9-17(27-2)15(10-13)24-21(28)26-25-20-19-16(22-12-23-20)11-18(29-19)14-6-4-3-5-7-14/h3-12H,1-2H3,(H,22,23,25)(H2,24,26,28). The number of ether oxygens (including phenoxy) is 1. The normalized spacial score (nSPS) is 10.6. The average molecular weight is 422 g/mol. The van der Waals surface area contributed by atoms with Gasteiger partial charge in [0.2, 0.25) is 0 Å². The molecule has 8 heteroatoms. The highest BCUT2D eigenvalue weighted by Crippen LogP contribution is 2.35. The number of rotatable bonds is 5. The Balaban J connectivity index is 1.50. The first-order valence-corrected chi connectivity index (χ1v) is 10.1. The molecular formula is C21H19N5OS2. The van der Waals surface area contributed by atoms with E-state index < -0.39 is 0 Å². The highest BCUT2D eigenvalue weighted by molar-refractivity contribution is 7.80. The van der Waals surface area contributed by atoms with Crippen LogP contribution in [0, 0.1) is 6.92 Å². The molecule has 0 bridgehead atoms. The molecule has 0 aliphatic heterocycles. The van der Waals surface area contributed by atoms with Crippen molar-refractivity contribution in [1.82, 2.24) is 15.4 Å². The first-order chi connectivity index (χ1) is 14.1. The zero-order chi connectivity index (χ0) is 20.2. The van der Waals surface area contributed by atoms with Gasteiger partial charge in [0.1, 0.15) is 12.1 Å². The zero-order valence-electron chi connectivity index (χ0n) is 15.9. The highest BCUT2D eigenvalue weighted by atomic mass is 32.1. The first kappa shape index (κ1) is 19.1. The number of nitrogens with one attached hydrogen (secondary N) is 3. The van der Waals surface area contributed by atoms with E-state index in [0.29, 0.717) is 10.9 Å². The molecule has 0 unspecified atom stereocenters. The van der Waals surface area contributed by atoms with E-state index in [4.69, 9.17) is 17.0 Å². The van der Waals surface area contributed by atoms with Gasteiger partial charge in [0, 0.05) is 4.88 Å². The Hall–Kier alpha value is -3.23. The third kappa shape index (κ3) is 4.28. The third-order valence-corrected chi connectivity index (χ3v) is 5.65. The van der Waals surface area contributed by atoms with E-state index in [1.165, 1.54) is 6.33 Å². The molecule has 2 heterocycles. The lowest BCUT2D eigenvalue weighted by Gasteiger charge is -2.15. The van der Waals surface area contributed by atoms with Gasteiger partial charge in [-0.1, -0.05) is 36.4 Å². The van der Waals surface area contributed by atoms with Crippen LogP contribution in [0.3, 0.4) is 0 Å². The molecule has 6 nitrogen and oxygen atoms in total. The lowest BCUT2D eigenvalue weighted by Crippen LogP contribution is -2.33. The average Bonchev–Trinajstić information content (AvgIpc) is 3.18. The summed E-state index contributed by atoms with van der Waals surface area (Å²) < 4.78 is 6.33. The van der Waals surface area contributed by atoms with E-state index in [9.17, 15) is 0 Å². The Morgan fingerprint density at radius 1 is 1.07 bits per heavy atom. The van der Waals surface area contributed by atoms with Crippen LogP contribution in [0.15, 0.2) is 60.9 Å². The summed E-state index contributed by atoms with van der Waals surface area (Å²) in [6.45, 7) is 2.01. The lowest BCUT2D eigenvalue weighted by molar-refractivity contribution is 0.417. The van der Waals surface area contributed by atoms with Gasteiger partial charge in [-0.15, -0.1) is 11.3 Å². The molecule has 0 aliphatic carbocycles. The van der Waals surface area contributed by atoms with Gasteiger partial charge in [-0.2, -0.15) is 0 Å². The number of thiophene rings is 1. The fourth-order valence-corrected chi connectivity index (χ4v) is 4.10. The summed E-state index contributed by atoms with van der Waals surface area (Å²) in [5, 5.41) is 3.55. The van der Waals surface area contributed by atoms with Crippen LogP contribution in [-0.4, -0.2) is 22.2 Å². The monoisotopic (exact) mass is 421 g/mol. The molecule has 0 saturated carbocycles. The molecule has 2 aromatic carbocycles. The van der Waals surface area contributed by atoms with Crippen LogP contribution in [0.5, 0.6) is 5.75 Å². The van der Waals surface area contributed by atoms with Crippen molar-refractivity contribution in [3.63, 3.8) is 0 Å². The molecular weight excluding hydrogens is 402 g/mol. The molecule has 4 rings (SSSR count). The number of methoxy groups -OCH3 is 1. The lowest BCUT2D eigenvalue weighted by atomic mass is 10.2. The second-order valence-corrected chi connectivity index (χ2v) is 7.78. The van der Waals surface area contributed by atoms with Crippen LogP contribution < -0.4 is 20.9 Å². The molecule has 0 aliphatic rings.